The first kappa shape index (κ1) is 16.3. The van der Waals surface area contributed by atoms with E-state index in [2.05, 4.69) is 5.32 Å². The maximum absolute atomic E-state index is 12.6. The van der Waals surface area contributed by atoms with E-state index in [1.807, 2.05) is 30.3 Å². The Labute approximate surface area is 123 Å². The lowest BCUT2D eigenvalue weighted by Crippen LogP contribution is -2.44. The van der Waals surface area contributed by atoms with Crippen molar-refractivity contribution >= 4 is 0 Å². The normalized spacial score (nSPS) is 24.8. The molecule has 0 radical (unpaired) electrons. The van der Waals surface area contributed by atoms with Gasteiger partial charge >= 0.3 is 6.18 Å². The third-order valence-corrected chi connectivity index (χ3v) is 4.21. The molecule has 0 spiro atoms. The molecule has 0 heterocycles. The summed E-state index contributed by atoms with van der Waals surface area (Å²) in [6, 6.07) is 9.78. The average molecular weight is 301 g/mol. The molecule has 1 atom stereocenters. The summed E-state index contributed by atoms with van der Waals surface area (Å²) in [6.45, 7) is -0.00586. The number of nitrogens with one attached hydrogen (secondary N) is 1. The van der Waals surface area contributed by atoms with Crippen LogP contribution in [0.2, 0.25) is 0 Å². The number of rotatable bonds is 5. The van der Waals surface area contributed by atoms with Gasteiger partial charge in [0.2, 0.25) is 0 Å². The maximum atomic E-state index is 12.6. The van der Waals surface area contributed by atoms with Gasteiger partial charge in [-0.1, -0.05) is 30.3 Å². The molecule has 1 saturated carbocycles. The van der Waals surface area contributed by atoms with Gasteiger partial charge < -0.3 is 10.4 Å². The lowest BCUT2D eigenvalue weighted by molar-refractivity contribution is -0.182. The maximum Gasteiger partial charge on any atom is 0.391 e. The van der Waals surface area contributed by atoms with Crippen molar-refractivity contribution in [3.8, 4) is 0 Å². The predicted molar refractivity (Wildman–Crippen MR) is 76.0 cm³/mol. The highest BCUT2D eigenvalue weighted by molar-refractivity contribution is 5.16. The number of aliphatic hydroxyl groups is 1. The minimum Gasteiger partial charge on any atom is -0.395 e. The van der Waals surface area contributed by atoms with E-state index in [0.29, 0.717) is 19.3 Å². The molecule has 0 aromatic heterocycles. The molecule has 1 aliphatic rings. The van der Waals surface area contributed by atoms with Crippen molar-refractivity contribution in [1.82, 2.24) is 5.32 Å². The summed E-state index contributed by atoms with van der Waals surface area (Å²) in [4.78, 5) is 0. The summed E-state index contributed by atoms with van der Waals surface area (Å²) in [5.74, 6) is -1.16. The van der Waals surface area contributed by atoms with E-state index < -0.39 is 12.1 Å². The molecule has 0 amide bonds. The summed E-state index contributed by atoms with van der Waals surface area (Å²) >= 11 is 0. The summed E-state index contributed by atoms with van der Waals surface area (Å²) in [7, 11) is 0. The van der Waals surface area contributed by atoms with Crippen molar-refractivity contribution in [2.24, 2.45) is 5.92 Å². The number of alkyl halides is 3. The Morgan fingerprint density at radius 2 is 1.71 bits per heavy atom. The van der Waals surface area contributed by atoms with Gasteiger partial charge in [0.25, 0.3) is 0 Å². The van der Waals surface area contributed by atoms with Gasteiger partial charge in [-0.05, 0) is 37.7 Å². The van der Waals surface area contributed by atoms with E-state index >= 15 is 0 Å². The van der Waals surface area contributed by atoms with Crippen molar-refractivity contribution in [3.63, 3.8) is 0 Å². The highest BCUT2D eigenvalue weighted by atomic mass is 19.4. The minimum absolute atomic E-state index is 0.00586. The Morgan fingerprint density at radius 3 is 2.24 bits per heavy atom. The standard InChI is InChI=1S/C16H22F3NO/c17-16(18,19)13-6-8-14(9-7-13)20-15(11-21)10-12-4-2-1-3-5-12/h1-5,13-15,20-21H,6-11H2/t13?,14?,15-/m1/s1. The molecule has 2 N–H and O–H groups in total. The largest absolute Gasteiger partial charge is 0.395 e. The fraction of sp³-hybridized carbons (Fsp3) is 0.625. The predicted octanol–water partition coefficient (Wildman–Crippen LogP) is 3.30. The molecule has 0 bridgehead atoms. The summed E-state index contributed by atoms with van der Waals surface area (Å²) in [5.41, 5.74) is 1.12. The Morgan fingerprint density at radius 1 is 1.10 bits per heavy atom. The topological polar surface area (TPSA) is 32.3 Å². The van der Waals surface area contributed by atoms with Gasteiger partial charge in [0.1, 0.15) is 0 Å². The Hall–Kier alpha value is -1.07. The molecule has 1 aromatic rings. The Bertz CT molecular complexity index is 413. The number of halogens is 3. The monoisotopic (exact) mass is 301 g/mol. The van der Waals surface area contributed by atoms with Crippen LogP contribution in [0.15, 0.2) is 30.3 Å². The molecule has 1 aromatic carbocycles. The van der Waals surface area contributed by atoms with Gasteiger partial charge in [-0.2, -0.15) is 13.2 Å². The van der Waals surface area contributed by atoms with E-state index in [1.54, 1.807) is 0 Å². The van der Waals surface area contributed by atoms with Crippen molar-refractivity contribution < 1.29 is 18.3 Å². The fourth-order valence-electron chi connectivity index (χ4n) is 3.00. The van der Waals surface area contributed by atoms with Gasteiger partial charge in [-0.3, -0.25) is 0 Å². The molecule has 2 nitrogen and oxygen atoms in total. The first-order valence-electron chi connectivity index (χ1n) is 7.46. The fourth-order valence-corrected chi connectivity index (χ4v) is 3.00. The summed E-state index contributed by atoms with van der Waals surface area (Å²) < 4.78 is 37.9. The van der Waals surface area contributed by atoms with Crippen LogP contribution in [0.1, 0.15) is 31.2 Å². The van der Waals surface area contributed by atoms with Crippen LogP contribution >= 0.6 is 0 Å². The van der Waals surface area contributed by atoms with Gasteiger partial charge in [0.05, 0.1) is 12.5 Å². The van der Waals surface area contributed by atoms with Crippen LogP contribution in [-0.4, -0.2) is 30.0 Å². The highest BCUT2D eigenvalue weighted by Crippen LogP contribution is 2.37. The van der Waals surface area contributed by atoms with Crippen LogP contribution in [0.5, 0.6) is 0 Å². The molecule has 2 rings (SSSR count). The third-order valence-electron chi connectivity index (χ3n) is 4.21. The quantitative estimate of drug-likeness (QED) is 0.874. The zero-order valence-electron chi connectivity index (χ0n) is 11.9. The second kappa shape index (κ2) is 7.27. The SMILES string of the molecule is OC[C@@H](Cc1ccccc1)NC1CCC(C(F)(F)F)CC1. The first-order chi connectivity index (χ1) is 9.99. The third kappa shape index (κ3) is 5.00. The smallest absolute Gasteiger partial charge is 0.391 e. The van der Waals surface area contributed by atoms with E-state index in [9.17, 15) is 18.3 Å². The minimum atomic E-state index is -4.06. The van der Waals surface area contributed by atoms with Crippen LogP contribution in [0.4, 0.5) is 13.2 Å². The molecule has 0 aliphatic heterocycles. The van der Waals surface area contributed by atoms with Crippen molar-refractivity contribution in [2.75, 3.05) is 6.61 Å². The second-order valence-electron chi connectivity index (χ2n) is 5.83. The van der Waals surface area contributed by atoms with E-state index in [0.717, 1.165) is 5.56 Å². The molecular formula is C16H22F3NO. The summed E-state index contributed by atoms with van der Waals surface area (Å²) in [6.07, 6.45) is -1.96. The van der Waals surface area contributed by atoms with Gasteiger partial charge in [0.15, 0.2) is 0 Å². The average Bonchev–Trinajstić information content (AvgIpc) is 2.47. The van der Waals surface area contributed by atoms with E-state index in [-0.39, 0.29) is 31.5 Å². The molecule has 0 saturated heterocycles. The van der Waals surface area contributed by atoms with Crippen LogP contribution in [0.25, 0.3) is 0 Å². The zero-order chi connectivity index (χ0) is 15.3. The van der Waals surface area contributed by atoms with Crippen LogP contribution in [-0.2, 0) is 6.42 Å². The molecule has 1 aliphatic carbocycles. The molecule has 21 heavy (non-hydrogen) atoms. The molecular weight excluding hydrogens is 279 g/mol. The molecule has 1 fully saturated rings. The lowest BCUT2D eigenvalue weighted by Gasteiger charge is -2.32. The van der Waals surface area contributed by atoms with Crippen LogP contribution in [0.3, 0.4) is 0 Å². The Balaban J connectivity index is 1.81. The van der Waals surface area contributed by atoms with Gasteiger partial charge in [-0.15, -0.1) is 0 Å². The van der Waals surface area contributed by atoms with Gasteiger partial charge in [0, 0.05) is 12.1 Å². The number of hydrogen-bond acceptors (Lipinski definition) is 2. The van der Waals surface area contributed by atoms with Crippen LogP contribution < -0.4 is 5.32 Å². The van der Waals surface area contributed by atoms with Gasteiger partial charge in [-0.25, -0.2) is 0 Å². The van der Waals surface area contributed by atoms with Crippen molar-refractivity contribution in [1.29, 1.82) is 0 Å². The number of hydrogen-bond donors (Lipinski definition) is 2. The summed E-state index contributed by atoms with van der Waals surface area (Å²) in [5, 5.41) is 12.8. The zero-order valence-corrected chi connectivity index (χ0v) is 11.9. The van der Waals surface area contributed by atoms with E-state index in [1.165, 1.54) is 0 Å². The molecule has 5 heteroatoms. The molecule has 118 valence electrons. The van der Waals surface area contributed by atoms with Crippen LogP contribution in [0, 0.1) is 5.92 Å². The van der Waals surface area contributed by atoms with Crippen molar-refractivity contribution in [3.05, 3.63) is 35.9 Å². The molecule has 0 unspecified atom stereocenters. The van der Waals surface area contributed by atoms with Crippen molar-refractivity contribution in [2.45, 2.75) is 50.4 Å². The lowest BCUT2D eigenvalue weighted by atomic mass is 9.85. The Kier molecular flexibility index (Phi) is 5.65. The highest BCUT2D eigenvalue weighted by Gasteiger charge is 2.41. The second-order valence-corrected chi connectivity index (χ2v) is 5.83. The first-order valence-corrected chi connectivity index (χ1v) is 7.46. The van der Waals surface area contributed by atoms with E-state index in [4.69, 9.17) is 0 Å². The number of benzene rings is 1. The number of aliphatic hydroxyl groups excluding tert-OH is 1.